The largest absolute Gasteiger partial charge is 0.480 e. The zero-order valence-corrected chi connectivity index (χ0v) is 18.3. The molecule has 5 atom stereocenters. The molecule has 0 aromatic heterocycles. The van der Waals surface area contributed by atoms with Gasteiger partial charge in [-0.05, 0) is 26.3 Å². The molecule has 0 aromatic carbocycles. The third kappa shape index (κ3) is 11.8. The molecule has 0 heterocycles. The second-order valence-corrected chi connectivity index (χ2v) is 7.42. The Balaban J connectivity index is 5.45. The first-order chi connectivity index (χ1) is 15.3. The van der Waals surface area contributed by atoms with Crippen molar-refractivity contribution in [1.82, 2.24) is 16.0 Å². The summed E-state index contributed by atoms with van der Waals surface area (Å²) in [6.45, 7) is 1.51. The third-order valence-corrected chi connectivity index (χ3v) is 4.43. The van der Waals surface area contributed by atoms with Crippen LogP contribution >= 0.6 is 0 Å². The van der Waals surface area contributed by atoms with Gasteiger partial charge in [0.2, 0.25) is 29.5 Å². The van der Waals surface area contributed by atoms with Gasteiger partial charge < -0.3 is 49.1 Å². The Kier molecular flexibility index (Phi) is 13.2. The first kappa shape index (κ1) is 29.7. The van der Waals surface area contributed by atoms with Crippen LogP contribution in [0.2, 0.25) is 0 Å². The zero-order valence-electron chi connectivity index (χ0n) is 18.3. The van der Waals surface area contributed by atoms with E-state index in [9.17, 15) is 33.9 Å². The highest BCUT2D eigenvalue weighted by molar-refractivity contribution is 5.97. The van der Waals surface area contributed by atoms with E-state index in [1.165, 1.54) is 0 Å². The number of hydrogen-bond donors (Lipinski definition) is 9. The lowest BCUT2D eigenvalue weighted by atomic mass is 10.1. The second-order valence-electron chi connectivity index (χ2n) is 7.42. The Morgan fingerprint density at radius 2 is 1.27 bits per heavy atom. The lowest BCUT2D eigenvalue weighted by Crippen LogP contribution is -2.59. The molecule has 188 valence electrons. The number of aliphatic hydroxyl groups is 1. The summed E-state index contributed by atoms with van der Waals surface area (Å²) in [7, 11) is 0. The van der Waals surface area contributed by atoms with Crippen molar-refractivity contribution in [2.75, 3.05) is 6.54 Å². The molecular weight excluding hydrogens is 442 g/mol. The van der Waals surface area contributed by atoms with Crippen LogP contribution in [0.5, 0.6) is 0 Å². The topological polar surface area (TPSA) is 283 Å². The Morgan fingerprint density at radius 3 is 1.67 bits per heavy atom. The van der Waals surface area contributed by atoms with E-state index in [4.69, 9.17) is 28.0 Å². The molecule has 15 heteroatoms. The van der Waals surface area contributed by atoms with Crippen LogP contribution in [0.25, 0.3) is 0 Å². The molecule has 0 aliphatic heterocycles. The summed E-state index contributed by atoms with van der Waals surface area (Å²) in [5.41, 5.74) is 21.3. The van der Waals surface area contributed by atoms with Crippen molar-refractivity contribution in [2.24, 2.45) is 22.9 Å². The summed E-state index contributed by atoms with van der Waals surface area (Å²) < 4.78 is 0. The van der Waals surface area contributed by atoms with Crippen LogP contribution in [0.4, 0.5) is 0 Å². The minimum absolute atomic E-state index is 0.260. The van der Waals surface area contributed by atoms with Crippen LogP contribution in [-0.2, 0) is 28.8 Å². The fourth-order valence-corrected chi connectivity index (χ4v) is 2.65. The van der Waals surface area contributed by atoms with Gasteiger partial charge in [-0.1, -0.05) is 6.42 Å². The average Bonchev–Trinajstić information content (AvgIpc) is 2.69. The van der Waals surface area contributed by atoms with E-state index in [0.717, 1.165) is 6.92 Å². The van der Waals surface area contributed by atoms with Gasteiger partial charge in [0.25, 0.3) is 0 Å². The number of aliphatic hydroxyl groups excluding tert-OH is 1. The van der Waals surface area contributed by atoms with Gasteiger partial charge >= 0.3 is 5.97 Å². The van der Waals surface area contributed by atoms with E-state index >= 15 is 0 Å². The highest BCUT2D eigenvalue weighted by atomic mass is 16.4. The van der Waals surface area contributed by atoms with E-state index in [2.05, 4.69) is 10.6 Å². The maximum atomic E-state index is 12.7. The van der Waals surface area contributed by atoms with Crippen molar-refractivity contribution < 1.29 is 39.0 Å². The molecule has 0 bridgehead atoms. The number of primary amides is 2. The minimum Gasteiger partial charge on any atom is -0.480 e. The number of carboxylic acids is 1. The lowest BCUT2D eigenvalue weighted by molar-refractivity contribution is -0.145. The quantitative estimate of drug-likeness (QED) is 0.0958. The molecule has 0 saturated carbocycles. The van der Waals surface area contributed by atoms with Crippen molar-refractivity contribution in [3.05, 3.63) is 0 Å². The van der Waals surface area contributed by atoms with E-state index in [0.29, 0.717) is 19.4 Å². The van der Waals surface area contributed by atoms with Crippen LogP contribution in [0.15, 0.2) is 0 Å². The molecule has 0 aliphatic carbocycles. The number of nitrogens with one attached hydrogen (secondary N) is 3. The van der Waals surface area contributed by atoms with Crippen LogP contribution in [0.3, 0.4) is 0 Å². The number of carbonyl (C=O) groups excluding carboxylic acids is 5. The normalized spacial score (nSPS) is 15.3. The lowest BCUT2D eigenvalue weighted by Gasteiger charge is -2.25. The molecule has 0 rings (SSSR count). The van der Waals surface area contributed by atoms with Gasteiger partial charge in [0.15, 0.2) is 6.04 Å². The monoisotopic (exact) mass is 475 g/mol. The summed E-state index contributed by atoms with van der Waals surface area (Å²) in [5, 5.41) is 24.9. The number of carbonyl (C=O) groups is 6. The number of aliphatic carboxylic acids is 1. The summed E-state index contributed by atoms with van der Waals surface area (Å²) in [6, 6.07) is -5.95. The van der Waals surface area contributed by atoms with Crippen molar-refractivity contribution in [3.63, 3.8) is 0 Å². The summed E-state index contributed by atoms with van der Waals surface area (Å²) in [6.07, 6.45) is -1.45. The third-order valence-electron chi connectivity index (χ3n) is 4.43. The highest BCUT2D eigenvalue weighted by Crippen LogP contribution is 2.03. The number of hydrogen-bond acceptors (Lipinski definition) is 9. The predicted molar refractivity (Wildman–Crippen MR) is 114 cm³/mol. The molecule has 5 amide bonds. The van der Waals surface area contributed by atoms with Gasteiger partial charge in [-0.2, -0.15) is 0 Å². The van der Waals surface area contributed by atoms with Gasteiger partial charge in [-0.25, -0.2) is 4.79 Å². The molecule has 0 fully saturated rings. The second kappa shape index (κ2) is 14.7. The molecule has 0 aliphatic rings. The minimum atomic E-state index is -1.74. The summed E-state index contributed by atoms with van der Waals surface area (Å²) in [5.74, 6) is -6.51. The number of rotatable bonds is 16. The van der Waals surface area contributed by atoms with E-state index in [-0.39, 0.29) is 6.42 Å². The Hall–Kier alpha value is -3.30. The number of nitrogens with two attached hydrogens (primary N) is 4. The van der Waals surface area contributed by atoms with Crippen LogP contribution in [-0.4, -0.2) is 82.5 Å². The molecule has 5 unspecified atom stereocenters. The first-order valence-corrected chi connectivity index (χ1v) is 10.1. The highest BCUT2D eigenvalue weighted by Gasteiger charge is 2.33. The molecule has 0 spiro atoms. The molecular formula is C18H33N7O8. The smallest absolute Gasteiger partial charge is 0.328 e. The van der Waals surface area contributed by atoms with E-state index < -0.39 is 78.6 Å². The number of amides is 5. The maximum Gasteiger partial charge on any atom is 0.328 e. The zero-order chi connectivity index (χ0) is 25.7. The summed E-state index contributed by atoms with van der Waals surface area (Å²) >= 11 is 0. The number of unbranched alkanes of at least 4 members (excludes halogenated alkanes) is 1. The molecule has 33 heavy (non-hydrogen) atoms. The average molecular weight is 476 g/mol. The fraction of sp³-hybridized carbons (Fsp3) is 0.667. The van der Waals surface area contributed by atoms with Crippen LogP contribution in [0, 0.1) is 0 Å². The molecule has 0 aromatic rings. The van der Waals surface area contributed by atoms with Crippen LogP contribution in [0.1, 0.15) is 39.0 Å². The number of carboxylic acid groups (broad SMARTS) is 1. The van der Waals surface area contributed by atoms with Gasteiger partial charge in [-0.3, -0.25) is 24.0 Å². The summed E-state index contributed by atoms with van der Waals surface area (Å²) in [4.78, 5) is 71.3. The maximum absolute atomic E-state index is 12.7. The standard InChI is InChI=1S/C18H33N7O8/c1-8(26)14(18(32)33)25-17(31)11(7-13(22)28)24-16(30)10(6-12(21)27)23-15(29)9(20)4-2-3-5-19/h8-11,14,26H,2-7,19-20H2,1H3,(H2,21,27)(H2,22,28)(H,23,29)(H,24,30)(H,25,31)(H,32,33). The van der Waals surface area contributed by atoms with Gasteiger partial charge in [-0.15, -0.1) is 0 Å². The fourth-order valence-electron chi connectivity index (χ4n) is 2.65. The van der Waals surface area contributed by atoms with Crippen molar-refractivity contribution in [1.29, 1.82) is 0 Å². The van der Waals surface area contributed by atoms with Crippen molar-refractivity contribution in [2.45, 2.75) is 69.3 Å². The van der Waals surface area contributed by atoms with Gasteiger partial charge in [0.05, 0.1) is 25.0 Å². The Morgan fingerprint density at radius 1 is 0.818 bits per heavy atom. The van der Waals surface area contributed by atoms with E-state index in [1.807, 2.05) is 5.32 Å². The molecule has 0 radical (unpaired) electrons. The van der Waals surface area contributed by atoms with Crippen molar-refractivity contribution >= 4 is 35.5 Å². The first-order valence-electron chi connectivity index (χ1n) is 10.1. The van der Waals surface area contributed by atoms with E-state index in [1.54, 1.807) is 0 Å². The Labute approximate surface area is 190 Å². The van der Waals surface area contributed by atoms with Gasteiger partial charge in [0.1, 0.15) is 12.1 Å². The molecule has 13 N–H and O–H groups in total. The van der Waals surface area contributed by atoms with Gasteiger partial charge in [0, 0.05) is 0 Å². The molecule has 15 nitrogen and oxygen atoms in total. The molecule has 0 saturated heterocycles. The van der Waals surface area contributed by atoms with Crippen molar-refractivity contribution in [3.8, 4) is 0 Å². The van der Waals surface area contributed by atoms with Crippen LogP contribution < -0.4 is 38.9 Å². The SMILES string of the molecule is CC(O)C(NC(=O)C(CC(N)=O)NC(=O)C(CC(N)=O)NC(=O)C(N)CCCCN)C(=O)O. The predicted octanol–water partition coefficient (Wildman–Crippen LogP) is -4.89. The Bertz CT molecular complexity index is 731.